The van der Waals surface area contributed by atoms with Gasteiger partial charge in [0.05, 0.1) is 12.1 Å². The van der Waals surface area contributed by atoms with Crippen LogP contribution in [0.5, 0.6) is 0 Å². The van der Waals surface area contributed by atoms with E-state index in [1.807, 2.05) is 0 Å². The summed E-state index contributed by atoms with van der Waals surface area (Å²) in [6.07, 6.45) is -2.20. The van der Waals surface area contributed by atoms with Gasteiger partial charge in [-0.1, -0.05) is 0 Å². The lowest BCUT2D eigenvalue weighted by Crippen LogP contribution is -2.58. The number of hydrogen-bond acceptors (Lipinski definition) is 6. The minimum atomic E-state index is -5.09. The van der Waals surface area contributed by atoms with E-state index in [0.29, 0.717) is 0 Å². The highest BCUT2D eigenvalue weighted by atomic mass is 32.2. The van der Waals surface area contributed by atoms with Crippen molar-refractivity contribution in [2.24, 2.45) is 18.1 Å². The van der Waals surface area contributed by atoms with Crippen LogP contribution in [0.15, 0.2) is 22.4 Å². The third-order valence-electron chi connectivity index (χ3n) is 4.64. The van der Waals surface area contributed by atoms with E-state index in [2.05, 4.69) is 10.2 Å². The number of sulfonamides is 1. The van der Waals surface area contributed by atoms with E-state index in [9.17, 15) is 31.5 Å². The first-order valence-electron chi connectivity index (χ1n) is 8.11. The van der Waals surface area contributed by atoms with Crippen molar-refractivity contribution in [3.05, 3.63) is 12.4 Å². The highest BCUT2D eigenvalue weighted by molar-refractivity contribution is 7.89. The predicted molar refractivity (Wildman–Crippen MR) is 85.7 cm³/mol. The van der Waals surface area contributed by atoms with Crippen molar-refractivity contribution in [3.8, 4) is 0 Å². The summed E-state index contributed by atoms with van der Waals surface area (Å²) in [5.41, 5.74) is -3.41. The Hall–Kier alpha value is -1.99. The van der Waals surface area contributed by atoms with Crippen LogP contribution in [0.25, 0.3) is 0 Å². The second kappa shape index (κ2) is 6.56. The van der Waals surface area contributed by atoms with Gasteiger partial charge in [0.2, 0.25) is 15.9 Å². The second-order valence-electron chi connectivity index (χ2n) is 6.52. The van der Waals surface area contributed by atoms with Crippen LogP contribution in [0.1, 0.15) is 19.3 Å². The molecule has 3 heterocycles. The summed E-state index contributed by atoms with van der Waals surface area (Å²) in [6, 6.07) is 0. The normalized spacial score (nSPS) is 27.3. The summed E-state index contributed by atoms with van der Waals surface area (Å²) in [5.74, 6) is -2.11. The number of amides is 1. The summed E-state index contributed by atoms with van der Waals surface area (Å²) >= 11 is 0. The number of hydrogen-bond donors (Lipinski definition) is 1. The number of aromatic nitrogens is 2. The minimum Gasteiger partial charge on any atom is -0.362 e. The molecule has 0 aromatic carbocycles. The van der Waals surface area contributed by atoms with Crippen molar-refractivity contribution in [2.75, 3.05) is 13.1 Å². The van der Waals surface area contributed by atoms with Crippen LogP contribution in [0.2, 0.25) is 0 Å². The van der Waals surface area contributed by atoms with Gasteiger partial charge in [0.15, 0.2) is 0 Å². The van der Waals surface area contributed by atoms with Crippen LogP contribution in [-0.2, 0) is 21.9 Å². The van der Waals surface area contributed by atoms with E-state index in [-0.39, 0.29) is 35.8 Å². The molecule has 2 aliphatic rings. The van der Waals surface area contributed by atoms with Crippen LogP contribution < -0.4 is 0 Å². The number of nitrogens with zero attached hydrogens (tertiary/aromatic N) is 5. The molecule has 1 aromatic rings. The van der Waals surface area contributed by atoms with Gasteiger partial charge in [0.1, 0.15) is 4.90 Å². The maximum atomic E-state index is 13.2. The number of aliphatic hydroxyl groups is 1. The third-order valence-corrected chi connectivity index (χ3v) is 6.46. The van der Waals surface area contributed by atoms with Crippen LogP contribution in [0.3, 0.4) is 0 Å². The monoisotopic (exact) mass is 409 g/mol. The van der Waals surface area contributed by atoms with Crippen LogP contribution >= 0.6 is 0 Å². The Balaban J connectivity index is 1.80. The van der Waals surface area contributed by atoms with Gasteiger partial charge in [-0.25, -0.2) is 8.42 Å². The van der Waals surface area contributed by atoms with Crippen molar-refractivity contribution in [1.29, 1.82) is 0 Å². The van der Waals surface area contributed by atoms with Crippen LogP contribution in [0, 0.1) is 5.92 Å². The third kappa shape index (κ3) is 3.34. The lowest BCUT2D eigenvalue weighted by Gasteiger charge is -2.37. The fourth-order valence-corrected chi connectivity index (χ4v) is 4.63. The molecule has 0 bridgehead atoms. The van der Waals surface area contributed by atoms with Gasteiger partial charge in [-0.2, -0.15) is 32.7 Å². The second-order valence-corrected chi connectivity index (χ2v) is 8.46. The highest BCUT2D eigenvalue weighted by Crippen LogP contribution is 2.40. The standard InChI is InChI=1S/C14H18F3N5O4S/c1-20-9-11(7-19-20)27(25,26)21-6-2-3-10(8-21)12(23)22-13(24,4-5-18-22)14(15,16)17/h5,7,9-10,24H,2-4,6,8H2,1H3. The molecule has 150 valence electrons. The number of halogens is 3. The molecule has 13 heteroatoms. The molecule has 2 atom stereocenters. The van der Waals surface area contributed by atoms with Crippen molar-refractivity contribution in [1.82, 2.24) is 19.1 Å². The molecule has 0 aliphatic carbocycles. The summed E-state index contributed by atoms with van der Waals surface area (Å²) in [4.78, 5) is 12.5. The molecule has 1 fully saturated rings. The first-order chi connectivity index (χ1) is 12.5. The zero-order valence-electron chi connectivity index (χ0n) is 14.3. The quantitative estimate of drug-likeness (QED) is 0.772. The van der Waals surface area contributed by atoms with Gasteiger partial charge in [-0.05, 0) is 12.8 Å². The van der Waals surface area contributed by atoms with E-state index in [4.69, 9.17) is 0 Å². The number of piperidine rings is 1. The molecule has 1 aromatic heterocycles. The predicted octanol–water partition coefficient (Wildman–Crippen LogP) is 0.290. The minimum absolute atomic E-state index is 0.0257. The fraction of sp³-hybridized carbons (Fsp3) is 0.643. The highest BCUT2D eigenvalue weighted by Gasteiger charge is 2.62. The smallest absolute Gasteiger partial charge is 0.362 e. The molecular formula is C14H18F3N5O4S. The van der Waals surface area contributed by atoms with Gasteiger partial charge in [0.25, 0.3) is 5.72 Å². The summed E-state index contributed by atoms with van der Waals surface area (Å²) < 4.78 is 67.2. The molecule has 0 radical (unpaired) electrons. The lowest BCUT2D eigenvalue weighted by atomic mass is 9.97. The first kappa shape index (κ1) is 19.8. The Labute approximate surface area is 153 Å². The number of rotatable bonds is 3. The molecule has 1 N–H and O–H groups in total. The Morgan fingerprint density at radius 3 is 2.70 bits per heavy atom. The van der Waals surface area contributed by atoms with Gasteiger partial charge in [0, 0.05) is 39.0 Å². The molecule has 2 unspecified atom stereocenters. The van der Waals surface area contributed by atoms with Crippen molar-refractivity contribution in [2.45, 2.75) is 36.1 Å². The average molecular weight is 409 g/mol. The largest absolute Gasteiger partial charge is 0.438 e. The van der Waals surface area contributed by atoms with Crippen LogP contribution in [-0.4, -0.2) is 69.7 Å². The molecule has 1 saturated heterocycles. The Bertz CT molecular complexity index is 868. The Morgan fingerprint density at radius 1 is 1.41 bits per heavy atom. The zero-order chi connectivity index (χ0) is 20.0. The summed E-state index contributed by atoms with van der Waals surface area (Å²) in [6.45, 7) is -0.163. The number of alkyl halides is 3. The molecule has 1 amide bonds. The molecular weight excluding hydrogens is 391 g/mol. The van der Waals surface area contributed by atoms with Crippen LogP contribution in [0.4, 0.5) is 13.2 Å². The van der Waals surface area contributed by atoms with E-state index in [0.717, 1.165) is 16.7 Å². The number of aryl methyl sites for hydroxylation is 1. The van der Waals surface area contributed by atoms with Crippen molar-refractivity contribution >= 4 is 22.1 Å². The van der Waals surface area contributed by atoms with Crippen molar-refractivity contribution in [3.63, 3.8) is 0 Å². The first-order valence-corrected chi connectivity index (χ1v) is 9.55. The van der Waals surface area contributed by atoms with Crippen molar-refractivity contribution < 1.29 is 31.5 Å². The fourth-order valence-electron chi connectivity index (χ4n) is 3.12. The average Bonchev–Trinajstić information content (AvgIpc) is 3.21. The lowest BCUT2D eigenvalue weighted by molar-refractivity contribution is -0.303. The van der Waals surface area contributed by atoms with Gasteiger partial charge in [-0.15, -0.1) is 0 Å². The van der Waals surface area contributed by atoms with Gasteiger partial charge < -0.3 is 5.11 Å². The maximum Gasteiger partial charge on any atom is 0.438 e. The molecule has 3 rings (SSSR count). The topological polar surface area (TPSA) is 108 Å². The maximum absolute atomic E-state index is 13.2. The van der Waals surface area contributed by atoms with E-state index in [1.165, 1.54) is 10.9 Å². The zero-order valence-corrected chi connectivity index (χ0v) is 15.1. The Morgan fingerprint density at radius 2 is 2.11 bits per heavy atom. The molecule has 0 saturated carbocycles. The van der Waals surface area contributed by atoms with Gasteiger partial charge >= 0.3 is 6.18 Å². The van der Waals surface area contributed by atoms with E-state index >= 15 is 0 Å². The molecule has 0 spiro atoms. The number of carbonyl (C=O) groups is 1. The molecule has 2 aliphatic heterocycles. The van der Waals surface area contributed by atoms with E-state index < -0.39 is 40.2 Å². The Kier molecular flexibility index (Phi) is 4.80. The van der Waals surface area contributed by atoms with Gasteiger partial charge in [-0.3, -0.25) is 9.48 Å². The molecule has 9 nitrogen and oxygen atoms in total. The SMILES string of the molecule is Cn1cc(S(=O)(=O)N2CCCC(C(=O)N3N=CCC3(O)C(F)(F)F)C2)cn1. The summed E-state index contributed by atoms with van der Waals surface area (Å²) in [7, 11) is -2.39. The van der Waals surface area contributed by atoms with E-state index in [1.54, 1.807) is 7.05 Å². The number of hydrazone groups is 1. The summed E-state index contributed by atoms with van der Waals surface area (Å²) in [5, 5.41) is 17.1. The number of carbonyl (C=O) groups excluding carboxylic acids is 1. The molecule has 27 heavy (non-hydrogen) atoms.